The molecule has 0 aliphatic rings. The summed E-state index contributed by atoms with van der Waals surface area (Å²) in [7, 11) is 0. The van der Waals surface area contributed by atoms with Gasteiger partial charge in [0.25, 0.3) is 0 Å². The molecule has 0 heterocycles. The van der Waals surface area contributed by atoms with Crippen molar-refractivity contribution in [2.45, 2.75) is 38.6 Å². The molecule has 1 rings (SSSR count). The average molecular weight is 249 g/mol. The Hall–Kier alpha value is -1.84. The largest absolute Gasteiger partial charge is 0.481 e. The van der Waals surface area contributed by atoms with Gasteiger partial charge in [0, 0.05) is 5.54 Å². The Labute approximate surface area is 107 Å². The molecule has 1 aromatic rings. The zero-order valence-corrected chi connectivity index (χ0v) is 10.9. The van der Waals surface area contributed by atoms with Crippen LogP contribution in [0.5, 0.6) is 0 Å². The number of carbonyl (C=O) groups excluding carboxylic acids is 1. The van der Waals surface area contributed by atoms with Crippen molar-refractivity contribution in [3.63, 3.8) is 0 Å². The molecule has 0 saturated heterocycles. The molecule has 2 N–H and O–H groups in total. The maximum absolute atomic E-state index is 12.1. The summed E-state index contributed by atoms with van der Waals surface area (Å²) in [5.41, 5.74) is 0.351. The molecular weight excluding hydrogens is 230 g/mol. The first-order valence-corrected chi connectivity index (χ1v) is 5.88. The SMILES string of the molecule is CC(C)(C)NC(=O)[C@@H](CC(=O)O)c1ccccc1. The molecule has 0 spiro atoms. The standard InChI is InChI=1S/C14H19NO3/c1-14(2,3)15-13(18)11(9-12(16)17)10-7-5-4-6-8-10/h4-8,11H,9H2,1-3H3,(H,15,18)(H,16,17)/t11-/m0/s1. The van der Waals surface area contributed by atoms with Gasteiger partial charge in [0.1, 0.15) is 0 Å². The molecule has 0 aromatic heterocycles. The molecule has 0 aliphatic heterocycles. The molecule has 98 valence electrons. The minimum atomic E-state index is -0.979. The number of rotatable bonds is 4. The number of amides is 1. The zero-order valence-electron chi connectivity index (χ0n) is 10.9. The van der Waals surface area contributed by atoms with E-state index in [0.717, 1.165) is 5.56 Å². The topological polar surface area (TPSA) is 66.4 Å². The molecule has 0 bridgehead atoms. The molecule has 18 heavy (non-hydrogen) atoms. The number of nitrogens with one attached hydrogen (secondary N) is 1. The van der Waals surface area contributed by atoms with Crippen LogP contribution >= 0.6 is 0 Å². The summed E-state index contributed by atoms with van der Waals surface area (Å²) in [6, 6.07) is 8.98. The van der Waals surface area contributed by atoms with Crippen molar-refractivity contribution in [2.75, 3.05) is 0 Å². The van der Waals surface area contributed by atoms with Crippen molar-refractivity contribution in [3.8, 4) is 0 Å². The summed E-state index contributed by atoms with van der Waals surface area (Å²) in [5, 5.41) is 11.7. The highest BCUT2D eigenvalue weighted by Gasteiger charge is 2.26. The van der Waals surface area contributed by atoms with Gasteiger partial charge in [-0.05, 0) is 26.3 Å². The van der Waals surface area contributed by atoms with Crippen molar-refractivity contribution in [1.29, 1.82) is 0 Å². The van der Waals surface area contributed by atoms with Gasteiger partial charge in [0.2, 0.25) is 5.91 Å². The maximum Gasteiger partial charge on any atom is 0.304 e. The second kappa shape index (κ2) is 5.67. The third-order valence-electron chi connectivity index (χ3n) is 2.40. The number of carboxylic acids is 1. The highest BCUT2D eigenvalue weighted by Crippen LogP contribution is 2.20. The number of aliphatic carboxylic acids is 1. The lowest BCUT2D eigenvalue weighted by atomic mass is 9.93. The minimum absolute atomic E-state index is 0.202. The lowest BCUT2D eigenvalue weighted by molar-refractivity contribution is -0.139. The summed E-state index contributed by atoms with van der Waals surface area (Å²) in [5.74, 6) is -1.88. The van der Waals surface area contributed by atoms with Crippen LogP contribution in [0.3, 0.4) is 0 Å². The van der Waals surface area contributed by atoms with Crippen LogP contribution in [-0.2, 0) is 9.59 Å². The molecule has 0 fully saturated rings. The third kappa shape index (κ3) is 4.57. The fourth-order valence-corrected chi connectivity index (χ4v) is 1.68. The molecule has 4 heteroatoms. The van der Waals surface area contributed by atoms with Crippen LogP contribution in [0.1, 0.15) is 38.7 Å². The third-order valence-corrected chi connectivity index (χ3v) is 2.40. The first-order valence-electron chi connectivity index (χ1n) is 5.88. The summed E-state index contributed by atoms with van der Waals surface area (Å²) < 4.78 is 0. The van der Waals surface area contributed by atoms with Crippen molar-refractivity contribution < 1.29 is 14.7 Å². The van der Waals surface area contributed by atoms with Crippen LogP contribution < -0.4 is 5.32 Å². The first kappa shape index (κ1) is 14.2. The summed E-state index contributed by atoms with van der Waals surface area (Å²) >= 11 is 0. The van der Waals surface area contributed by atoms with Crippen LogP contribution in [-0.4, -0.2) is 22.5 Å². The Bertz CT molecular complexity index is 420. The Balaban J connectivity index is 2.92. The van der Waals surface area contributed by atoms with E-state index in [4.69, 9.17) is 5.11 Å². The maximum atomic E-state index is 12.1. The van der Waals surface area contributed by atoms with E-state index in [0.29, 0.717) is 0 Å². The summed E-state index contributed by atoms with van der Waals surface area (Å²) in [6.07, 6.45) is -0.202. The highest BCUT2D eigenvalue weighted by atomic mass is 16.4. The molecule has 0 aliphatic carbocycles. The lowest BCUT2D eigenvalue weighted by Crippen LogP contribution is -2.43. The van der Waals surface area contributed by atoms with Gasteiger partial charge in [-0.25, -0.2) is 0 Å². The summed E-state index contributed by atoms with van der Waals surface area (Å²) in [6.45, 7) is 5.61. The van der Waals surface area contributed by atoms with Crippen LogP contribution in [0, 0.1) is 0 Å². The van der Waals surface area contributed by atoms with Crippen molar-refractivity contribution in [3.05, 3.63) is 35.9 Å². The van der Waals surface area contributed by atoms with E-state index in [-0.39, 0.29) is 17.9 Å². The van der Waals surface area contributed by atoms with Gasteiger partial charge in [-0.15, -0.1) is 0 Å². The highest BCUT2D eigenvalue weighted by molar-refractivity contribution is 5.88. The first-order chi connectivity index (χ1) is 8.29. The van der Waals surface area contributed by atoms with E-state index in [1.807, 2.05) is 26.8 Å². The van der Waals surface area contributed by atoms with E-state index in [1.54, 1.807) is 24.3 Å². The van der Waals surface area contributed by atoms with Gasteiger partial charge in [0.15, 0.2) is 0 Å². The van der Waals surface area contributed by atoms with E-state index in [9.17, 15) is 9.59 Å². The summed E-state index contributed by atoms with van der Waals surface area (Å²) in [4.78, 5) is 23.0. The quantitative estimate of drug-likeness (QED) is 0.859. The second-order valence-electron chi connectivity index (χ2n) is 5.30. The lowest BCUT2D eigenvalue weighted by Gasteiger charge is -2.24. The van der Waals surface area contributed by atoms with Gasteiger partial charge in [-0.2, -0.15) is 0 Å². The molecule has 4 nitrogen and oxygen atoms in total. The molecule has 1 amide bonds. The van der Waals surface area contributed by atoms with Gasteiger partial charge >= 0.3 is 5.97 Å². The van der Waals surface area contributed by atoms with E-state index < -0.39 is 11.9 Å². The molecule has 1 atom stereocenters. The number of hydrogen-bond acceptors (Lipinski definition) is 2. The predicted molar refractivity (Wildman–Crippen MR) is 69.3 cm³/mol. The molecule has 0 unspecified atom stereocenters. The molecule has 0 saturated carbocycles. The Kier molecular flexibility index (Phi) is 4.48. The van der Waals surface area contributed by atoms with Crippen LogP contribution in [0.4, 0.5) is 0 Å². The van der Waals surface area contributed by atoms with Gasteiger partial charge in [-0.1, -0.05) is 30.3 Å². The van der Waals surface area contributed by atoms with Crippen molar-refractivity contribution >= 4 is 11.9 Å². The number of hydrogen-bond donors (Lipinski definition) is 2. The number of carbonyl (C=O) groups is 2. The van der Waals surface area contributed by atoms with Crippen LogP contribution in [0.25, 0.3) is 0 Å². The van der Waals surface area contributed by atoms with E-state index in [2.05, 4.69) is 5.32 Å². The Morgan fingerprint density at radius 3 is 2.22 bits per heavy atom. The van der Waals surface area contributed by atoms with Gasteiger partial charge in [-0.3, -0.25) is 9.59 Å². The molecule has 1 aromatic carbocycles. The van der Waals surface area contributed by atoms with Crippen molar-refractivity contribution in [1.82, 2.24) is 5.32 Å². The average Bonchev–Trinajstić information content (AvgIpc) is 2.24. The normalized spacial score (nSPS) is 12.8. The molecule has 0 radical (unpaired) electrons. The van der Waals surface area contributed by atoms with Crippen molar-refractivity contribution in [2.24, 2.45) is 0 Å². The smallest absolute Gasteiger partial charge is 0.304 e. The Morgan fingerprint density at radius 1 is 1.22 bits per heavy atom. The fraction of sp³-hybridized carbons (Fsp3) is 0.429. The monoisotopic (exact) mass is 249 g/mol. The molecular formula is C14H19NO3. The second-order valence-corrected chi connectivity index (χ2v) is 5.30. The number of benzene rings is 1. The minimum Gasteiger partial charge on any atom is -0.481 e. The van der Waals surface area contributed by atoms with Gasteiger partial charge in [0.05, 0.1) is 12.3 Å². The number of carboxylic acid groups (broad SMARTS) is 1. The van der Waals surface area contributed by atoms with E-state index in [1.165, 1.54) is 0 Å². The predicted octanol–water partition coefficient (Wildman–Crippen LogP) is 2.16. The van der Waals surface area contributed by atoms with Gasteiger partial charge < -0.3 is 10.4 Å². The zero-order chi connectivity index (χ0) is 13.8. The van der Waals surface area contributed by atoms with Crippen LogP contribution in [0.2, 0.25) is 0 Å². The Morgan fingerprint density at radius 2 is 1.78 bits per heavy atom. The van der Waals surface area contributed by atoms with Crippen LogP contribution in [0.15, 0.2) is 30.3 Å². The van der Waals surface area contributed by atoms with E-state index >= 15 is 0 Å². The fourth-order valence-electron chi connectivity index (χ4n) is 1.68.